The Balaban J connectivity index is 0.958. The summed E-state index contributed by atoms with van der Waals surface area (Å²) in [4.78, 5) is 10.1. The largest absolute Gasteiger partial charge is 0.309 e. The van der Waals surface area contributed by atoms with Crippen molar-refractivity contribution in [3.63, 3.8) is 0 Å². The molecule has 3 aromatic heterocycles. The first-order valence-corrected chi connectivity index (χ1v) is 21.1. The van der Waals surface area contributed by atoms with Crippen molar-refractivity contribution < 1.29 is 0 Å². The molecule has 0 fully saturated rings. The number of para-hydroxylation sites is 4. The SMILES string of the molecule is c1ccc(-c2cc(-c3ccccc3)nc(-c3ccc(-c4ccc(-c5cc(-n6c7ccccc7c7ccccc76)cc(-n6c7ccccc7c7ccccc76)c5)cc4)cc3)n2)cc1. The van der Waals surface area contributed by atoms with Crippen LogP contribution in [0.3, 0.4) is 0 Å². The molecule has 0 N–H and O–H groups in total. The summed E-state index contributed by atoms with van der Waals surface area (Å²) >= 11 is 0. The molecule has 0 aliphatic carbocycles. The van der Waals surface area contributed by atoms with E-state index in [9.17, 15) is 0 Å². The van der Waals surface area contributed by atoms with Crippen molar-refractivity contribution in [1.29, 1.82) is 0 Å². The van der Waals surface area contributed by atoms with Crippen LogP contribution in [-0.4, -0.2) is 19.1 Å². The Morgan fingerprint density at radius 1 is 0.242 bits per heavy atom. The first-order chi connectivity index (χ1) is 30.7. The van der Waals surface area contributed by atoms with Crippen molar-refractivity contribution in [1.82, 2.24) is 19.1 Å². The maximum atomic E-state index is 5.05. The molecule has 9 aromatic carbocycles. The quantitative estimate of drug-likeness (QED) is 0.161. The highest BCUT2D eigenvalue weighted by Gasteiger charge is 2.18. The maximum absolute atomic E-state index is 5.05. The molecule has 4 nitrogen and oxygen atoms in total. The van der Waals surface area contributed by atoms with Gasteiger partial charge in [0.2, 0.25) is 0 Å². The summed E-state index contributed by atoms with van der Waals surface area (Å²) in [5.41, 5.74) is 16.4. The van der Waals surface area contributed by atoms with Crippen molar-refractivity contribution in [2.45, 2.75) is 0 Å². The van der Waals surface area contributed by atoms with Gasteiger partial charge in [0, 0.05) is 49.6 Å². The van der Waals surface area contributed by atoms with Gasteiger partial charge in [0.1, 0.15) is 0 Å². The summed E-state index contributed by atoms with van der Waals surface area (Å²) in [6.45, 7) is 0. The van der Waals surface area contributed by atoms with Gasteiger partial charge in [0.15, 0.2) is 5.82 Å². The molecule has 4 heteroatoms. The molecule has 0 radical (unpaired) electrons. The summed E-state index contributed by atoms with van der Waals surface area (Å²) in [7, 11) is 0. The Labute approximate surface area is 359 Å². The molecule has 0 aliphatic heterocycles. The molecular formula is C58H38N4. The molecule has 0 saturated heterocycles. The van der Waals surface area contributed by atoms with Crippen LogP contribution in [0.5, 0.6) is 0 Å². The van der Waals surface area contributed by atoms with Crippen LogP contribution in [0.1, 0.15) is 0 Å². The molecule has 0 amide bonds. The van der Waals surface area contributed by atoms with Gasteiger partial charge in [0.05, 0.1) is 33.5 Å². The Hall–Kier alpha value is -8.34. The fraction of sp³-hybridized carbons (Fsp3) is 0. The fourth-order valence-electron chi connectivity index (χ4n) is 9.18. The van der Waals surface area contributed by atoms with E-state index in [0.29, 0.717) is 5.82 Å². The lowest BCUT2D eigenvalue weighted by Gasteiger charge is -2.16. The Bertz CT molecular complexity index is 3300. The van der Waals surface area contributed by atoms with Crippen LogP contribution in [0.15, 0.2) is 231 Å². The van der Waals surface area contributed by atoms with Gasteiger partial charge in [-0.25, -0.2) is 9.97 Å². The molecule has 12 rings (SSSR count). The van der Waals surface area contributed by atoms with E-state index < -0.39 is 0 Å². The lowest BCUT2D eigenvalue weighted by Crippen LogP contribution is -2.00. The average Bonchev–Trinajstić information content (AvgIpc) is 3.88. The van der Waals surface area contributed by atoms with Gasteiger partial charge in [-0.3, -0.25) is 0 Å². The number of hydrogen-bond donors (Lipinski definition) is 0. The Morgan fingerprint density at radius 2 is 0.565 bits per heavy atom. The first kappa shape index (κ1) is 35.6. The fourth-order valence-corrected chi connectivity index (χ4v) is 9.18. The topological polar surface area (TPSA) is 35.6 Å². The molecule has 12 aromatic rings. The number of rotatable bonds is 7. The highest BCUT2D eigenvalue weighted by atomic mass is 15.0. The third-order valence-electron chi connectivity index (χ3n) is 12.1. The van der Waals surface area contributed by atoms with Gasteiger partial charge in [-0.05, 0) is 70.8 Å². The van der Waals surface area contributed by atoms with Gasteiger partial charge < -0.3 is 9.13 Å². The molecule has 0 unspecified atom stereocenters. The zero-order valence-corrected chi connectivity index (χ0v) is 33.7. The second-order valence-electron chi connectivity index (χ2n) is 15.8. The zero-order valence-electron chi connectivity index (χ0n) is 33.7. The zero-order chi connectivity index (χ0) is 41.0. The van der Waals surface area contributed by atoms with Gasteiger partial charge in [0.25, 0.3) is 0 Å². The van der Waals surface area contributed by atoms with E-state index in [4.69, 9.17) is 9.97 Å². The molecule has 290 valence electrons. The number of hydrogen-bond acceptors (Lipinski definition) is 2. The Kier molecular flexibility index (Phi) is 8.46. The highest BCUT2D eigenvalue weighted by Crippen LogP contribution is 2.38. The summed E-state index contributed by atoms with van der Waals surface area (Å²) in [5, 5.41) is 4.98. The average molecular weight is 791 g/mol. The van der Waals surface area contributed by atoms with Crippen LogP contribution in [0, 0.1) is 0 Å². The second kappa shape index (κ2) is 14.7. The van der Waals surface area contributed by atoms with Gasteiger partial charge in [-0.15, -0.1) is 0 Å². The number of aromatic nitrogens is 4. The second-order valence-corrected chi connectivity index (χ2v) is 15.8. The standard InChI is InChI=1S/C58H38N4/c1-3-15-42(16-4-1)52-38-53(43-17-5-2-6-18-43)60-58(59-52)44-33-31-40(32-34-44)39-27-29-41(30-28-39)45-35-46(61-54-23-11-7-19-48(54)49-20-8-12-24-55(49)61)37-47(36-45)62-56-25-13-9-21-50(56)51-22-10-14-26-57(51)62/h1-38H. The molecule has 0 aliphatic rings. The van der Waals surface area contributed by atoms with Crippen molar-refractivity contribution in [2.24, 2.45) is 0 Å². The third-order valence-corrected chi connectivity index (χ3v) is 12.1. The van der Waals surface area contributed by atoms with Crippen LogP contribution in [0.25, 0.3) is 111 Å². The van der Waals surface area contributed by atoms with Crippen LogP contribution in [0.2, 0.25) is 0 Å². The maximum Gasteiger partial charge on any atom is 0.160 e. The summed E-state index contributed by atoms with van der Waals surface area (Å²) in [5.74, 6) is 0.703. The first-order valence-electron chi connectivity index (χ1n) is 21.1. The minimum Gasteiger partial charge on any atom is -0.309 e. The van der Waals surface area contributed by atoms with Crippen LogP contribution in [0.4, 0.5) is 0 Å². The van der Waals surface area contributed by atoms with Crippen LogP contribution in [-0.2, 0) is 0 Å². The van der Waals surface area contributed by atoms with E-state index in [-0.39, 0.29) is 0 Å². The van der Waals surface area contributed by atoms with Crippen molar-refractivity contribution >= 4 is 43.6 Å². The summed E-state index contributed by atoms with van der Waals surface area (Å²) < 4.78 is 4.84. The molecule has 0 bridgehead atoms. The molecule has 0 spiro atoms. The highest BCUT2D eigenvalue weighted by molar-refractivity contribution is 6.10. The number of nitrogens with zero attached hydrogens (tertiary/aromatic N) is 4. The van der Waals surface area contributed by atoms with E-state index in [1.807, 2.05) is 36.4 Å². The molecule has 0 atom stereocenters. The van der Waals surface area contributed by atoms with E-state index in [1.165, 1.54) is 43.6 Å². The van der Waals surface area contributed by atoms with E-state index in [2.05, 4.69) is 203 Å². The third kappa shape index (κ3) is 6.08. The molecule has 0 saturated carbocycles. The predicted octanol–water partition coefficient (Wildman–Crippen LogP) is 15.0. The van der Waals surface area contributed by atoms with Crippen molar-refractivity contribution in [3.05, 3.63) is 231 Å². The molecule has 62 heavy (non-hydrogen) atoms. The molecule has 3 heterocycles. The van der Waals surface area contributed by atoms with Gasteiger partial charge in [-0.2, -0.15) is 0 Å². The van der Waals surface area contributed by atoms with Crippen LogP contribution < -0.4 is 0 Å². The van der Waals surface area contributed by atoms with Crippen molar-refractivity contribution in [3.8, 4) is 67.5 Å². The Morgan fingerprint density at radius 3 is 0.952 bits per heavy atom. The lowest BCUT2D eigenvalue weighted by atomic mass is 9.98. The minimum absolute atomic E-state index is 0.703. The number of benzene rings is 9. The summed E-state index contributed by atoms with van der Waals surface area (Å²) in [6.07, 6.45) is 0. The lowest BCUT2D eigenvalue weighted by molar-refractivity contribution is 1.13. The minimum atomic E-state index is 0.703. The van der Waals surface area contributed by atoms with Crippen LogP contribution >= 0.6 is 0 Å². The van der Waals surface area contributed by atoms with E-state index in [1.54, 1.807) is 0 Å². The van der Waals surface area contributed by atoms with Gasteiger partial charge >= 0.3 is 0 Å². The molecular weight excluding hydrogens is 753 g/mol. The van der Waals surface area contributed by atoms with E-state index in [0.717, 1.165) is 61.7 Å². The predicted molar refractivity (Wildman–Crippen MR) is 258 cm³/mol. The monoisotopic (exact) mass is 790 g/mol. The summed E-state index contributed by atoms with van der Waals surface area (Å²) in [6, 6.07) is 82.3. The van der Waals surface area contributed by atoms with Gasteiger partial charge in [-0.1, -0.05) is 182 Å². The number of fused-ring (bicyclic) bond motifs is 6. The smallest absolute Gasteiger partial charge is 0.160 e. The van der Waals surface area contributed by atoms with E-state index >= 15 is 0 Å². The van der Waals surface area contributed by atoms with Crippen molar-refractivity contribution in [2.75, 3.05) is 0 Å². The normalized spacial score (nSPS) is 11.5.